The van der Waals surface area contributed by atoms with E-state index in [4.69, 9.17) is 0 Å². The minimum absolute atomic E-state index is 0.309. The van der Waals surface area contributed by atoms with Crippen molar-refractivity contribution in [3.63, 3.8) is 0 Å². The number of carbonyl (C=O) groups excluding carboxylic acids is 2. The van der Waals surface area contributed by atoms with Gasteiger partial charge in [-0.05, 0) is 66.0 Å². The predicted molar refractivity (Wildman–Crippen MR) is 119 cm³/mol. The van der Waals surface area contributed by atoms with Crippen LogP contribution in [0, 0.1) is 9.39 Å². The molecule has 2 heterocycles. The van der Waals surface area contributed by atoms with Crippen molar-refractivity contribution in [3.8, 4) is 0 Å². The number of nitrogens with one attached hydrogen (secondary N) is 2. The topological polar surface area (TPSA) is 64.7 Å². The number of imide groups is 1. The first-order chi connectivity index (χ1) is 13.9. The van der Waals surface area contributed by atoms with Gasteiger partial charge in [0.05, 0.1) is 11.3 Å². The molecular weight excluding hydrogens is 486 g/mol. The van der Waals surface area contributed by atoms with Gasteiger partial charge in [-0.2, -0.15) is 0 Å². The van der Waals surface area contributed by atoms with Gasteiger partial charge in [-0.25, -0.2) is 4.39 Å². The quantitative estimate of drug-likeness (QED) is 0.381. The van der Waals surface area contributed by atoms with Crippen LogP contribution in [0.1, 0.15) is 15.9 Å². The number of hydrogen-bond acceptors (Lipinski definition) is 5. The zero-order valence-corrected chi connectivity index (χ0v) is 18.0. The maximum atomic E-state index is 14.7. The molecular formula is C21H20FIN4O2. The molecule has 150 valence electrons. The van der Waals surface area contributed by atoms with Crippen molar-refractivity contribution in [1.82, 2.24) is 10.2 Å². The summed E-state index contributed by atoms with van der Waals surface area (Å²) in [6.07, 6.45) is 1.51. The summed E-state index contributed by atoms with van der Waals surface area (Å²) in [5, 5.41) is 5.33. The summed E-state index contributed by atoms with van der Waals surface area (Å²) < 4.78 is 15.6. The Balaban J connectivity index is 1.57. The number of anilines is 2. The highest BCUT2D eigenvalue weighted by Gasteiger charge is 2.27. The Bertz CT molecular complexity index is 1020. The molecule has 1 saturated heterocycles. The van der Waals surface area contributed by atoms with Gasteiger partial charge in [-0.15, -0.1) is 0 Å². The van der Waals surface area contributed by atoms with Crippen LogP contribution < -0.4 is 15.5 Å². The zero-order valence-electron chi connectivity index (χ0n) is 15.8. The first-order valence-electron chi connectivity index (χ1n) is 9.28. The molecule has 6 nitrogen and oxygen atoms in total. The van der Waals surface area contributed by atoms with E-state index in [0.29, 0.717) is 28.1 Å². The largest absolute Gasteiger partial charge is 0.367 e. The van der Waals surface area contributed by atoms with E-state index in [1.54, 1.807) is 24.3 Å². The molecule has 2 aromatic rings. The number of piperazine rings is 1. The van der Waals surface area contributed by atoms with Crippen LogP contribution in [0.25, 0.3) is 5.57 Å². The van der Waals surface area contributed by atoms with Crippen molar-refractivity contribution in [2.75, 3.05) is 43.4 Å². The van der Waals surface area contributed by atoms with Gasteiger partial charge < -0.3 is 15.1 Å². The third kappa shape index (κ3) is 4.13. The number of hydrogen-bond donors (Lipinski definition) is 2. The summed E-state index contributed by atoms with van der Waals surface area (Å²) in [6.45, 7) is 3.37. The molecule has 2 amide bonds. The van der Waals surface area contributed by atoms with Gasteiger partial charge in [0.2, 0.25) is 0 Å². The zero-order chi connectivity index (χ0) is 20.5. The van der Waals surface area contributed by atoms with Crippen LogP contribution in [0.4, 0.5) is 15.8 Å². The molecule has 0 atom stereocenters. The SMILES string of the molecule is CN1CCN(c2ccc(NC=C3C(=O)NC(=O)c4ccc(I)cc43)cc2F)CC1. The molecule has 0 unspecified atom stereocenters. The minimum Gasteiger partial charge on any atom is -0.367 e. The molecule has 1 fully saturated rings. The van der Waals surface area contributed by atoms with Gasteiger partial charge in [0.1, 0.15) is 5.82 Å². The van der Waals surface area contributed by atoms with Gasteiger partial charge in [0.15, 0.2) is 0 Å². The Kier molecular flexibility index (Phi) is 5.55. The van der Waals surface area contributed by atoms with Crippen LogP contribution in [-0.2, 0) is 4.79 Å². The summed E-state index contributed by atoms with van der Waals surface area (Å²) in [4.78, 5) is 28.6. The van der Waals surface area contributed by atoms with Crippen molar-refractivity contribution in [2.24, 2.45) is 0 Å². The van der Waals surface area contributed by atoms with Crippen molar-refractivity contribution in [3.05, 3.63) is 63.1 Å². The van der Waals surface area contributed by atoms with E-state index in [-0.39, 0.29) is 5.82 Å². The Morgan fingerprint density at radius 2 is 1.79 bits per heavy atom. The van der Waals surface area contributed by atoms with Gasteiger partial charge in [-0.1, -0.05) is 0 Å². The highest BCUT2D eigenvalue weighted by molar-refractivity contribution is 14.1. The first kappa shape index (κ1) is 19.8. The summed E-state index contributed by atoms with van der Waals surface area (Å²) in [7, 11) is 2.06. The number of benzene rings is 2. The van der Waals surface area contributed by atoms with E-state index < -0.39 is 11.8 Å². The first-order valence-corrected chi connectivity index (χ1v) is 10.4. The van der Waals surface area contributed by atoms with E-state index in [9.17, 15) is 14.0 Å². The number of rotatable bonds is 3. The van der Waals surface area contributed by atoms with E-state index in [2.05, 4.69) is 45.2 Å². The summed E-state index contributed by atoms with van der Waals surface area (Å²) in [5.74, 6) is -1.20. The molecule has 0 aliphatic carbocycles. The molecule has 0 saturated carbocycles. The second-order valence-electron chi connectivity index (χ2n) is 7.13. The standard InChI is InChI=1S/C21H20FIN4O2/c1-26-6-8-27(9-7-26)19-5-3-14(11-18(19)22)24-12-17-16-10-13(23)2-4-15(16)20(28)25-21(17)29/h2-5,10-12,24H,6-9H2,1H3,(H,25,28,29). The average Bonchev–Trinajstić information content (AvgIpc) is 2.68. The third-order valence-corrected chi connectivity index (χ3v) is 5.83. The highest BCUT2D eigenvalue weighted by atomic mass is 127. The lowest BCUT2D eigenvalue weighted by molar-refractivity contribution is -0.114. The monoisotopic (exact) mass is 506 g/mol. The molecule has 29 heavy (non-hydrogen) atoms. The number of halogens is 2. The maximum absolute atomic E-state index is 14.7. The number of fused-ring (bicyclic) bond motifs is 1. The Morgan fingerprint density at radius 1 is 1.03 bits per heavy atom. The summed E-state index contributed by atoms with van der Waals surface area (Å²) in [6, 6.07) is 10.3. The molecule has 2 aromatic carbocycles. The molecule has 2 N–H and O–H groups in total. The van der Waals surface area contributed by atoms with Gasteiger partial charge in [-0.3, -0.25) is 14.9 Å². The predicted octanol–water partition coefficient (Wildman–Crippen LogP) is 2.91. The normalized spacial score (nSPS) is 18.6. The minimum atomic E-state index is -0.480. The molecule has 0 radical (unpaired) electrons. The number of likely N-dealkylation sites (N-methyl/N-ethyl adjacent to an activating group) is 1. The van der Waals surface area contributed by atoms with Crippen LogP contribution in [0.5, 0.6) is 0 Å². The number of nitrogens with zero attached hydrogens (tertiary/aromatic N) is 2. The van der Waals surface area contributed by atoms with Crippen molar-refractivity contribution >= 4 is 51.4 Å². The molecule has 0 aromatic heterocycles. The Labute approximate surface area is 181 Å². The Morgan fingerprint density at radius 3 is 2.52 bits per heavy atom. The van der Waals surface area contributed by atoms with Gasteiger partial charge >= 0.3 is 0 Å². The van der Waals surface area contributed by atoms with Crippen LogP contribution in [0.2, 0.25) is 0 Å². The van der Waals surface area contributed by atoms with Crippen LogP contribution in [0.3, 0.4) is 0 Å². The smallest absolute Gasteiger partial charge is 0.260 e. The van der Waals surface area contributed by atoms with E-state index in [0.717, 1.165) is 29.7 Å². The van der Waals surface area contributed by atoms with Gasteiger partial charge in [0.25, 0.3) is 11.8 Å². The molecule has 0 bridgehead atoms. The van der Waals surface area contributed by atoms with E-state index >= 15 is 0 Å². The summed E-state index contributed by atoms with van der Waals surface area (Å²) in [5.41, 5.74) is 2.45. The molecule has 4 rings (SSSR count). The second kappa shape index (κ2) is 8.11. The molecule has 2 aliphatic rings. The lowest BCUT2D eigenvalue weighted by Crippen LogP contribution is -2.44. The van der Waals surface area contributed by atoms with Crippen LogP contribution in [-0.4, -0.2) is 49.9 Å². The van der Waals surface area contributed by atoms with E-state index in [1.165, 1.54) is 12.3 Å². The fourth-order valence-corrected chi connectivity index (χ4v) is 3.99. The van der Waals surface area contributed by atoms with E-state index in [1.807, 2.05) is 11.0 Å². The number of carbonyl (C=O) groups is 2. The molecule has 0 spiro atoms. The van der Waals surface area contributed by atoms with Crippen molar-refractivity contribution < 1.29 is 14.0 Å². The van der Waals surface area contributed by atoms with Gasteiger partial charge in [0, 0.05) is 52.8 Å². The fraction of sp³-hybridized carbons (Fsp3) is 0.238. The second-order valence-corrected chi connectivity index (χ2v) is 8.38. The van der Waals surface area contributed by atoms with Crippen LogP contribution in [0.15, 0.2) is 42.6 Å². The Hall–Kier alpha value is -2.46. The highest BCUT2D eigenvalue weighted by Crippen LogP contribution is 2.27. The fourth-order valence-electron chi connectivity index (χ4n) is 3.50. The van der Waals surface area contributed by atoms with Crippen molar-refractivity contribution in [2.45, 2.75) is 0 Å². The summed E-state index contributed by atoms with van der Waals surface area (Å²) >= 11 is 2.13. The lowest BCUT2D eigenvalue weighted by Gasteiger charge is -2.34. The third-order valence-electron chi connectivity index (χ3n) is 5.16. The number of amides is 2. The molecule has 2 aliphatic heterocycles. The maximum Gasteiger partial charge on any atom is 0.260 e. The lowest BCUT2D eigenvalue weighted by atomic mass is 9.95. The average molecular weight is 506 g/mol. The van der Waals surface area contributed by atoms with Crippen LogP contribution >= 0.6 is 22.6 Å². The molecule has 8 heteroatoms. The van der Waals surface area contributed by atoms with Crippen molar-refractivity contribution in [1.29, 1.82) is 0 Å².